The van der Waals surface area contributed by atoms with Crippen molar-refractivity contribution >= 4 is 46.6 Å². The van der Waals surface area contributed by atoms with E-state index in [1.807, 2.05) is 60.7 Å². The van der Waals surface area contributed by atoms with Crippen LogP contribution >= 0.6 is 23.4 Å². The second-order valence-corrected chi connectivity index (χ2v) is 8.92. The van der Waals surface area contributed by atoms with Crippen molar-refractivity contribution in [2.75, 3.05) is 23.0 Å². The van der Waals surface area contributed by atoms with Crippen LogP contribution in [0.15, 0.2) is 77.7 Å². The maximum Gasteiger partial charge on any atom is 0.234 e. The molecule has 3 rings (SSSR count). The molecule has 0 aromatic heterocycles. The van der Waals surface area contributed by atoms with Crippen LogP contribution in [0, 0.1) is 0 Å². The van der Waals surface area contributed by atoms with Gasteiger partial charge in [0.2, 0.25) is 11.8 Å². The largest absolute Gasteiger partial charge is 0.494 e. The maximum absolute atomic E-state index is 12.3. The first-order valence-electron chi connectivity index (χ1n) is 10.8. The van der Waals surface area contributed by atoms with E-state index in [1.165, 1.54) is 11.8 Å². The molecular formula is C26H27ClN2O3S. The molecule has 7 heteroatoms. The molecule has 33 heavy (non-hydrogen) atoms. The Hall–Kier alpha value is -2.96. The fourth-order valence-electron chi connectivity index (χ4n) is 2.94. The Kier molecular flexibility index (Phi) is 9.66. The predicted molar refractivity (Wildman–Crippen MR) is 136 cm³/mol. The molecule has 0 atom stereocenters. The van der Waals surface area contributed by atoms with Crippen LogP contribution in [0.25, 0.3) is 0 Å². The number of hydrogen-bond donors (Lipinski definition) is 2. The van der Waals surface area contributed by atoms with Crippen molar-refractivity contribution in [3.05, 3.63) is 83.4 Å². The Morgan fingerprint density at radius 2 is 1.45 bits per heavy atom. The predicted octanol–water partition coefficient (Wildman–Crippen LogP) is 6.43. The summed E-state index contributed by atoms with van der Waals surface area (Å²) in [6.45, 7) is 2.82. The van der Waals surface area contributed by atoms with Crippen molar-refractivity contribution in [2.24, 2.45) is 0 Å². The SMILES string of the molecule is CCCCOc1ccc(NC(=O)CSc2ccc(NC(=O)Cc3ccc(Cl)cc3)cc2)cc1. The van der Waals surface area contributed by atoms with Gasteiger partial charge in [0.15, 0.2) is 0 Å². The number of ether oxygens (including phenoxy) is 1. The minimum absolute atomic E-state index is 0.0833. The van der Waals surface area contributed by atoms with Gasteiger partial charge in [-0.2, -0.15) is 0 Å². The van der Waals surface area contributed by atoms with Gasteiger partial charge >= 0.3 is 0 Å². The molecule has 172 valence electrons. The quantitative estimate of drug-likeness (QED) is 0.244. The summed E-state index contributed by atoms with van der Waals surface area (Å²) >= 11 is 7.31. The number of amides is 2. The van der Waals surface area contributed by atoms with Crippen LogP contribution in [0.4, 0.5) is 11.4 Å². The number of nitrogens with one attached hydrogen (secondary N) is 2. The lowest BCUT2D eigenvalue weighted by Gasteiger charge is -2.09. The van der Waals surface area contributed by atoms with E-state index in [9.17, 15) is 9.59 Å². The summed E-state index contributed by atoms with van der Waals surface area (Å²) in [6.07, 6.45) is 2.39. The van der Waals surface area contributed by atoms with Gasteiger partial charge in [-0.15, -0.1) is 11.8 Å². The summed E-state index contributed by atoms with van der Waals surface area (Å²) in [5.74, 6) is 0.909. The van der Waals surface area contributed by atoms with Crippen LogP contribution < -0.4 is 15.4 Å². The van der Waals surface area contributed by atoms with Gasteiger partial charge in [0.05, 0.1) is 18.8 Å². The Morgan fingerprint density at radius 1 is 0.848 bits per heavy atom. The van der Waals surface area contributed by atoms with Crippen LogP contribution in [0.2, 0.25) is 5.02 Å². The summed E-state index contributed by atoms with van der Waals surface area (Å²) in [7, 11) is 0. The minimum Gasteiger partial charge on any atom is -0.494 e. The molecular weight excluding hydrogens is 456 g/mol. The number of anilines is 2. The number of carbonyl (C=O) groups excluding carboxylic acids is 2. The zero-order valence-corrected chi connectivity index (χ0v) is 20.0. The fourth-order valence-corrected chi connectivity index (χ4v) is 3.77. The van der Waals surface area contributed by atoms with E-state index >= 15 is 0 Å². The normalized spacial score (nSPS) is 10.5. The number of unbranched alkanes of at least 4 members (excludes halogenated alkanes) is 1. The second-order valence-electron chi connectivity index (χ2n) is 7.44. The van der Waals surface area contributed by atoms with Crippen molar-refractivity contribution < 1.29 is 14.3 Å². The number of rotatable bonds is 11. The van der Waals surface area contributed by atoms with Crippen LogP contribution in [0.3, 0.4) is 0 Å². The van der Waals surface area contributed by atoms with E-state index in [2.05, 4.69) is 17.6 Å². The molecule has 0 aliphatic rings. The summed E-state index contributed by atoms with van der Waals surface area (Å²) in [5, 5.41) is 6.41. The lowest BCUT2D eigenvalue weighted by Crippen LogP contribution is -2.14. The lowest BCUT2D eigenvalue weighted by molar-refractivity contribution is -0.115. The van der Waals surface area contributed by atoms with Crippen LogP contribution in [-0.2, 0) is 16.0 Å². The number of hydrogen-bond acceptors (Lipinski definition) is 4. The first-order valence-corrected chi connectivity index (χ1v) is 12.2. The zero-order chi connectivity index (χ0) is 23.5. The van der Waals surface area contributed by atoms with E-state index in [4.69, 9.17) is 16.3 Å². The van der Waals surface area contributed by atoms with E-state index in [0.717, 1.165) is 34.7 Å². The van der Waals surface area contributed by atoms with Gasteiger partial charge < -0.3 is 15.4 Å². The summed E-state index contributed by atoms with van der Waals surface area (Å²) in [6, 6.07) is 22.0. The topological polar surface area (TPSA) is 67.4 Å². The molecule has 0 bridgehead atoms. The molecule has 0 spiro atoms. The van der Waals surface area contributed by atoms with E-state index in [-0.39, 0.29) is 24.0 Å². The Balaban J connectivity index is 1.40. The molecule has 0 aliphatic carbocycles. The number of halogens is 1. The molecule has 2 N–H and O–H groups in total. The average Bonchev–Trinajstić information content (AvgIpc) is 2.81. The number of carbonyl (C=O) groups is 2. The molecule has 0 unspecified atom stereocenters. The van der Waals surface area contributed by atoms with Gasteiger partial charge in [0.1, 0.15) is 5.75 Å². The highest BCUT2D eigenvalue weighted by molar-refractivity contribution is 8.00. The van der Waals surface area contributed by atoms with E-state index in [0.29, 0.717) is 17.3 Å². The van der Waals surface area contributed by atoms with Crippen LogP contribution in [-0.4, -0.2) is 24.2 Å². The lowest BCUT2D eigenvalue weighted by atomic mass is 10.1. The van der Waals surface area contributed by atoms with Gasteiger partial charge in [0, 0.05) is 21.3 Å². The highest BCUT2D eigenvalue weighted by Crippen LogP contribution is 2.22. The van der Waals surface area contributed by atoms with E-state index < -0.39 is 0 Å². The standard InChI is InChI=1S/C26H27ClN2O3S/c1-2-3-16-32-23-12-8-21(9-13-23)29-26(31)18-33-24-14-10-22(11-15-24)28-25(30)17-19-4-6-20(27)7-5-19/h4-15H,2-3,16-18H2,1H3,(H,28,30)(H,29,31). The molecule has 3 aromatic carbocycles. The fraction of sp³-hybridized carbons (Fsp3) is 0.231. The van der Waals surface area contributed by atoms with Crippen LogP contribution in [0.5, 0.6) is 5.75 Å². The molecule has 0 saturated carbocycles. The first-order chi connectivity index (χ1) is 16.0. The Morgan fingerprint density at radius 3 is 2.09 bits per heavy atom. The maximum atomic E-state index is 12.3. The minimum atomic E-state index is -0.0983. The molecule has 2 amide bonds. The van der Waals surface area contributed by atoms with Gasteiger partial charge in [-0.1, -0.05) is 37.1 Å². The highest BCUT2D eigenvalue weighted by atomic mass is 35.5. The monoisotopic (exact) mass is 482 g/mol. The van der Waals surface area contributed by atoms with Gasteiger partial charge in [-0.05, 0) is 72.6 Å². The molecule has 0 radical (unpaired) electrons. The van der Waals surface area contributed by atoms with Gasteiger partial charge in [0.25, 0.3) is 0 Å². The summed E-state index contributed by atoms with van der Waals surface area (Å²) < 4.78 is 5.63. The molecule has 5 nitrogen and oxygen atoms in total. The van der Waals surface area contributed by atoms with Crippen LogP contribution in [0.1, 0.15) is 25.3 Å². The number of benzene rings is 3. The average molecular weight is 483 g/mol. The third-order valence-corrected chi connectivity index (χ3v) is 5.95. The third kappa shape index (κ3) is 8.83. The first kappa shape index (κ1) is 24.7. The summed E-state index contributed by atoms with van der Waals surface area (Å²) in [5.41, 5.74) is 2.35. The zero-order valence-electron chi connectivity index (χ0n) is 18.5. The Bertz CT molecular complexity index is 1040. The third-order valence-electron chi connectivity index (χ3n) is 4.69. The van der Waals surface area contributed by atoms with Crippen molar-refractivity contribution in [1.29, 1.82) is 0 Å². The summed E-state index contributed by atoms with van der Waals surface area (Å²) in [4.78, 5) is 25.4. The van der Waals surface area contributed by atoms with Crippen molar-refractivity contribution in [3.8, 4) is 5.75 Å². The van der Waals surface area contributed by atoms with Crippen molar-refractivity contribution in [2.45, 2.75) is 31.1 Å². The highest BCUT2D eigenvalue weighted by Gasteiger charge is 2.07. The van der Waals surface area contributed by atoms with Crippen molar-refractivity contribution in [3.63, 3.8) is 0 Å². The molecule has 3 aromatic rings. The second kappa shape index (κ2) is 12.9. The van der Waals surface area contributed by atoms with E-state index in [1.54, 1.807) is 12.1 Å². The molecule has 0 saturated heterocycles. The van der Waals surface area contributed by atoms with Gasteiger partial charge in [-0.3, -0.25) is 9.59 Å². The van der Waals surface area contributed by atoms with Gasteiger partial charge in [-0.25, -0.2) is 0 Å². The Labute approximate surface area is 203 Å². The molecule has 0 heterocycles. The number of thioether (sulfide) groups is 1. The van der Waals surface area contributed by atoms with Crippen molar-refractivity contribution in [1.82, 2.24) is 0 Å². The smallest absolute Gasteiger partial charge is 0.234 e. The molecule has 0 fully saturated rings. The molecule has 0 aliphatic heterocycles.